The van der Waals surface area contributed by atoms with Crippen LogP contribution >= 0.6 is 11.3 Å². The van der Waals surface area contributed by atoms with Crippen LogP contribution in [0.15, 0.2) is 11.7 Å². The molecule has 1 aromatic heterocycles. The molecule has 0 bridgehead atoms. The molecule has 0 saturated carbocycles. The number of nitrogens with one attached hydrogen (secondary N) is 1. The van der Waals surface area contributed by atoms with Gasteiger partial charge in [0.05, 0.1) is 24.2 Å². The molecule has 2 rings (SSSR count). The number of carbonyl (C=O) groups excluding carboxylic acids is 1. The van der Waals surface area contributed by atoms with E-state index < -0.39 is 5.60 Å². The molecule has 0 radical (unpaired) electrons. The zero-order chi connectivity index (χ0) is 15.5. The zero-order valence-electron chi connectivity index (χ0n) is 13.0. The predicted molar refractivity (Wildman–Crippen MR) is 81.3 cm³/mol. The number of methoxy groups -OCH3 is 1. The van der Waals surface area contributed by atoms with Crippen molar-refractivity contribution < 1.29 is 14.3 Å². The first-order valence-corrected chi connectivity index (χ1v) is 7.88. The van der Waals surface area contributed by atoms with Crippen molar-refractivity contribution in [1.29, 1.82) is 0 Å². The van der Waals surface area contributed by atoms with Crippen LogP contribution in [0.25, 0.3) is 0 Å². The minimum Gasteiger partial charge on any atom is -0.444 e. The number of likely N-dealkylation sites (tertiary alicyclic amines) is 1. The Morgan fingerprint density at radius 2 is 2.29 bits per heavy atom. The molecule has 118 valence electrons. The van der Waals surface area contributed by atoms with Gasteiger partial charge < -0.3 is 19.7 Å². The topological polar surface area (TPSA) is 63.7 Å². The summed E-state index contributed by atoms with van der Waals surface area (Å²) in [5.74, 6) is 0. The summed E-state index contributed by atoms with van der Waals surface area (Å²) in [5.41, 5.74) is 1.33. The maximum absolute atomic E-state index is 12.1. The molecule has 1 amide bonds. The molecule has 0 aliphatic carbocycles. The number of hydrogen-bond donors (Lipinski definition) is 1. The first-order valence-electron chi connectivity index (χ1n) is 7.00. The van der Waals surface area contributed by atoms with Gasteiger partial charge in [0, 0.05) is 31.3 Å². The molecule has 1 fully saturated rings. The van der Waals surface area contributed by atoms with E-state index in [1.165, 1.54) is 4.88 Å². The predicted octanol–water partition coefficient (Wildman–Crippen LogP) is 1.87. The molecule has 2 heterocycles. The normalized spacial score (nSPS) is 22.6. The number of carbonyl (C=O) groups is 1. The molecule has 0 spiro atoms. The number of ether oxygens (including phenoxy) is 2. The average molecular weight is 313 g/mol. The summed E-state index contributed by atoms with van der Waals surface area (Å²) in [7, 11) is 1.67. The van der Waals surface area contributed by atoms with Crippen molar-refractivity contribution >= 4 is 17.4 Å². The van der Waals surface area contributed by atoms with Gasteiger partial charge in [0.1, 0.15) is 5.60 Å². The lowest BCUT2D eigenvalue weighted by Crippen LogP contribution is -2.40. The van der Waals surface area contributed by atoms with E-state index in [9.17, 15) is 4.79 Å². The third kappa shape index (κ3) is 4.66. The molecule has 6 nitrogen and oxygen atoms in total. The fourth-order valence-corrected chi connectivity index (χ4v) is 2.79. The van der Waals surface area contributed by atoms with E-state index in [2.05, 4.69) is 10.3 Å². The Bertz CT molecular complexity index is 459. The Labute approximate surface area is 129 Å². The van der Waals surface area contributed by atoms with Crippen LogP contribution in [0, 0.1) is 0 Å². The van der Waals surface area contributed by atoms with Gasteiger partial charge in [0.15, 0.2) is 0 Å². The number of rotatable bonds is 4. The summed E-state index contributed by atoms with van der Waals surface area (Å²) in [5, 5.41) is 3.43. The number of hydrogen-bond acceptors (Lipinski definition) is 6. The van der Waals surface area contributed by atoms with Crippen molar-refractivity contribution in [2.24, 2.45) is 0 Å². The van der Waals surface area contributed by atoms with Crippen molar-refractivity contribution in [3.63, 3.8) is 0 Å². The quantitative estimate of drug-likeness (QED) is 0.919. The molecule has 1 unspecified atom stereocenters. The first kappa shape index (κ1) is 16.2. The van der Waals surface area contributed by atoms with Crippen LogP contribution < -0.4 is 5.32 Å². The van der Waals surface area contributed by atoms with E-state index in [4.69, 9.17) is 9.47 Å². The van der Waals surface area contributed by atoms with Crippen molar-refractivity contribution in [1.82, 2.24) is 15.2 Å². The lowest BCUT2D eigenvalue weighted by Gasteiger charge is -2.24. The van der Waals surface area contributed by atoms with Gasteiger partial charge in [-0.15, -0.1) is 11.3 Å². The van der Waals surface area contributed by atoms with Crippen LogP contribution in [-0.2, 0) is 16.0 Å². The molecule has 1 saturated heterocycles. The third-order valence-electron chi connectivity index (χ3n) is 3.24. The van der Waals surface area contributed by atoms with Crippen molar-refractivity contribution in [2.45, 2.75) is 45.1 Å². The van der Waals surface area contributed by atoms with Crippen molar-refractivity contribution in [3.05, 3.63) is 16.6 Å². The Kier molecular flexibility index (Phi) is 5.18. The second-order valence-corrected chi connectivity index (χ2v) is 7.09. The molecule has 21 heavy (non-hydrogen) atoms. The molecule has 2 atom stereocenters. The van der Waals surface area contributed by atoms with Gasteiger partial charge in [-0.25, -0.2) is 4.79 Å². The molecule has 1 N–H and O–H groups in total. The lowest BCUT2D eigenvalue weighted by atomic mass is 10.2. The van der Waals surface area contributed by atoms with Gasteiger partial charge in [-0.05, 0) is 20.8 Å². The Morgan fingerprint density at radius 1 is 1.52 bits per heavy atom. The number of amides is 1. The van der Waals surface area contributed by atoms with Crippen LogP contribution in [0.5, 0.6) is 0 Å². The minimum atomic E-state index is -0.478. The highest BCUT2D eigenvalue weighted by atomic mass is 32.1. The number of nitrogens with zero attached hydrogens (tertiary/aromatic N) is 2. The largest absolute Gasteiger partial charge is 0.444 e. The average Bonchev–Trinajstić information content (AvgIpc) is 3.03. The van der Waals surface area contributed by atoms with E-state index in [1.54, 1.807) is 23.3 Å². The van der Waals surface area contributed by atoms with Crippen molar-refractivity contribution in [3.8, 4) is 0 Å². The summed E-state index contributed by atoms with van der Waals surface area (Å²) < 4.78 is 10.9. The standard InChI is InChI=1S/C14H23N3O3S/c1-14(2,3)20-13(18)17-7-11(12(8-17)19-4)16-6-10-5-15-9-21-10/h5,9,11-12,16H,6-8H2,1-4H3/t11?,12-/m0/s1. The molecule has 1 aromatic rings. The first-order chi connectivity index (χ1) is 9.89. The molecule has 1 aliphatic heterocycles. The maximum atomic E-state index is 12.1. The van der Waals surface area contributed by atoms with E-state index >= 15 is 0 Å². The second kappa shape index (κ2) is 6.72. The van der Waals surface area contributed by atoms with E-state index in [1.807, 2.05) is 32.5 Å². The van der Waals surface area contributed by atoms with Crippen LogP contribution in [0.2, 0.25) is 0 Å². The van der Waals surface area contributed by atoms with E-state index in [-0.39, 0.29) is 18.2 Å². The zero-order valence-corrected chi connectivity index (χ0v) is 13.8. The smallest absolute Gasteiger partial charge is 0.410 e. The molecule has 0 aromatic carbocycles. The van der Waals surface area contributed by atoms with E-state index in [0.29, 0.717) is 13.1 Å². The highest BCUT2D eigenvalue weighted by Crippen LogP contribution is 2.18. The van der Waals surface area contributed by atoms with Gasteiger partial charge in [0.25, 0.3) is 0 Å². The summed E-state index contributed by atoms with van der Waals surface area (Å²) in [6.45, 7) is 7.48. The summed E-state index contributed by atoms with van der Waals surface area (Å²) in [6.07, 6.45) is 1.54. The minimum absolute atomic E-state index is 0.0227. The fourth-order valence-electron chi connectivity index (χ4n) is 2.25. The van der Waals surface area contributed by atoms with Crippen LogP contribution in [-0.4, -0.2) is 53.9 Å². The van der Waals surface area contributed by atoms with Crippen LogP contribution in [0.4, 0.5) is 4.79 Å². The summed E-state index contributed by atoms with van der Waals surface area (Å²) >= 11 is 1.61. The molecular weight excluding hydrogens is 290 g/mol. The highest BCUT2D eigenvalue weighted by molar-refractivity contribution is 7.09. The Hall–Kier alpha value is -1.18. The molecular formula is C14H23N3O3S. The van der Waals surface area contributed by atoms with Crippen LogP contribution in [0.1, 0.15) is 25.6 Å². The monoisotopic (exact) mass is 313 g/mol. The highest BCUT2D eigenvalue weighted by Gasteiger charge is 2.37. The summed E-state index contributed by atoms with van der Waals surface area (Å²) in [4.78, 5) is 19.0. The van der Waals surface area contributed by atoms with Gasteiger partial charge in [0.2, 0.25) is 0 Å². The molecule has 1 aliphatic rings. The molecule has 7 heteroatoms. The van der Waals surface area contributed by atoms with Crippen molar-refractivity contribution in [2.75, 3.05) is 20.2 Å². The second-order valence-electron chi connectivity index (χ2n) is 6.11. The van der Waals surface area contributed by atoms with Gasteiger partial charge in [-0.1, -0.05) is 0 Å². The van der Waals surface area contributed by atoms with Gasteiger partial charge in [-0.2, -0.15) is 0 Å². The Morgan fingerprint density at radius 3 is 2.86 bits per heavy atom. The summed E-state index contributed by atoms with van der Waals surface area (Å²) in [6, 6.07) is 0.101. The lowest BCUT2D eigenvalue weighted by molar-refractivity contribution is 0.0252. The maximum Gasteiger partial charge on any atom is 0.410 e. The van der Waals surface area contributed by atoms with E-state index in [0.717, 1.165) is 6.54 Å². The van der Waals surface area contributed by atoms with Gasteiger partial charge >= 0.3 is 6.09 Å². The third-order valence-corrected chi connectivity index (χ3v) is 4.02. The SMILES string of the molecule is CO[C@H]1CN(C(=O)OC(C)(C)C)CC1NCc1cncs1. The fraction of sp³-hybridized carbons (Fsp3) is 0.714. The number of aromatic nitrogens is 1. The Balaban J connectivity index is 1.89. The van der Waals surface area contributed by atoms with Crippen LogP contribution in [0.3, 0.4) is 0 Å². The number of thiazole rings is 1. The van der Waals surface area contributed by atoms with Gasteiger partial charge in [-0.3, -0.25) is 4.98 Å².